The molecule has 2 aromatic heterocycles. The summed E-state index contributed by atoms with van der Waals surface area (Å²) in [6, 6.07) is 9.88. The van der Waals surface area contributed by atoms with Gasteiger partial charge in [0.15, 0.2) is 10.6 Å². The van der Waals surface area contributed by atoms with Crippen LogP contribution in [-0.2, 0) is 9.59 Å². The number of halogens is 1. The van der Waals surface area contributed by atoms with Gasteiger partial charge in [0.2, 0.25) is 11.8 Å². The Kier molecular flexibility index (Phi) is 6.04. The van der Waals surface area contributed by atoms with Crippen molar-refractivity contribution in [2.24, 2.45) is 0 Å². The minimum atomic E-state index is -0.628. The third-order valence-electron chi connectivity index (χ3n) is 3.76. The number of carbonyl (C=O) groups excluding carboxylic acids is 2. The summed E-state index contributed by atoms with van der Waals surface area (Å²) in [7, 11) is 0. The molecular formula is C17H16ClN5O2S2. The van der Waals surface area contributed by atoms with Crippen LogP contribution in [-0.4, -0.2) is 33.1 Å². The molecule has 140 valence electrons. The first-order valence-corrected chi connectivity index (χ1v) is 9.66. The first-order valence-electron chi connectivity index (χ1n) is 7.99. The first kappa shape index (κ1) is 19.3. The molecule has 27 heavy (non-hydrogen) atoms. The Labute approximate surface area is 169 Å². The van der Waals surface area contributed by atoms with E-state index in [1.54, 1.807) is 35.8 Å². The van der Waals surface area contributed by atoms with Crippen molar-refractivity contribution in [2.45, 2.75) is 13.0 Å². The highest BCUT2D eigenvalue weighted by molar-refractivity contribution is 7.71. The van der Waals surface area contributed by atoms with E-state index in [-0.39, 0.29) is 18.4 Å². The van der Waals surface area contributed by atoms with Crippen LogP contribution in [0.5, 0.6) is 0 Å². The summed E-state index contributed by atoms with van der Waals surface area (Å²) in [5.41, 5.74) is 0.601. The summed E-state index contributed by atoms with van der Waals surface area (Å²) in [6.07, 6.45) is 0. The molecule has 1 unspecified atom stereocenters. The van der Waals surface area contributed by atoms with Crippen LogP contribution in [0.1, 0.15) is 13.0 Å². The summed E-state index contributed by atoms with van der Waals surface area (Å²) in [5.74, 6) is -0.0908. The molecule has 0 aliphatic heterocycles. The van der Waals surface area contributed by atoms with Gasteiger partial charge in [-0.05, 0) is 54.9 Å². The molecule has 1 atom stereocenters. The molecule has 0 radical (unpaired) electrons. The van der Waals surface area contributed by atoms with Gasteiger partial charge in [-0.3, -0.25) is 19.3 Å². The third-order valence-corrected chi connectivity index (χ3v) is 5.17. The van der Waals surface area contributed by atoms with E-state index in [1.807, 2.05) is 17.5 Å². The van der Waals surface area contributed by atoms with Crippen molar-refractivity contribution in [2.75, 3.05) is 11.9 Å². The summed E-state index contributed by atoms with van der Waals surface area (Å²) in [6.45, 7) is 1.54. The third kappa shape index (κ3) is 4.62. The number of benzene rings is 1. The molecule has 1 aromatic carbocycles. The number of nitrogens with one attached hydrogen (secondary N) is 3. The lowest BCUT2D eigenvalue weighted by Crippen LogP contribution is -2.37. The lowest BCUT2D eigenvalue weighted by atomic mass is 10.3. The topological polar surface area (TPSA) is 91.8 Å². The van der Waals surface area contributed by atoms with Crippen molar-refractivity contribution in [3.63, 3.8) is 0 Å². The Morgan fingerprint density at radius 2 is 2.07 bits per heavy atom. The predicted octanol–water partition coefficient (Wildman–Crippen LogP) is 3.64. The highest BCUT2D eigenvalue weighted by Crippen LogP contribution is 2.25. The zero-order valence-corrected chi connectivity index (χ0v) is 16.6. The van der Waals surface area contributed by atoms with Gasteiger partial charge in [0, 0.05) is 10.7 Å². The van der Waals surface area contributed by atoms with Gasteiger partial charge in [0.05, 0.1) is 11.4 Å². The number of hydrogen-bond donors (Lipinski definition) is 3. The zero-order valence-electron chi connectivity index (χ0n) is 14.2. The van der Waals surface area contributed by atoms with Crippen LogP contribution in [0.25, 0.3) is 10.7 Å². The lowest BCUT2D eigenvalue weighted by Gasteiger charge is -2.15. The van der Waals surface area contributed by atoms with E-state index >= 15 is 0 Å². The fourth-order valence-electron chi connectivity index (χ4n) is 2.41. The van der Waals surface area contributed by atoms with Crippen LogP contribution >= 0.6 is 35.2 Å². The molecule has 0 fully saturated rings. The number of anilines is 1. The number of hydrogen-bond acceptors (Lipinski definition) is 5. The second-order valence-corrected chi connectivity index (χ2v) is 7.42. The quantitative estimate of drug-likeness (QED) is 0.530. The van der Waals surface area contributed by atoms with E-state index in [0.29, 0.717) is 21.3 Å². The molecule has 0 saturated heterocycles. The van der Waals surface area contributed by atoms with Crippen LogP contribution in [0.15, 0.2) is 41.8 Å². The van der Waals surface area contributed by atoms with Crippen LogP contribution in [0.4, 0.5) is 5.69 Å². The highest BCUT2D eigenvalue weighted by atomic mass is 35.5. The second kappa shape index (κ2) is 8.47. The van der Waals surface area contributed by atoms with E-state index in [2.05, 4.69) is 20.8 Å². The molecular weight excluding hydrogens is 406 g/mol. The van der Waals surface area contributed by atoms with Crippen molar-refractivity contribution in [1.29, 1.82) is 0 Å². The molecule has 2 heterocycles. The Bertz CT molecular complexity index is 995. The van der Waals surface area contributed by atoms with Crippen molar-refractivity contribution in [3.8, 4) is 10.7 Å². The fourth-order valence-corrected chi connectivity index (χ4v) is 3.54. The summed E-state index contributed by atoms with van der Waals surface area (Å²) in [4.78, 5) is 25.4. The average Bonchev–Trinajstić information content (AvgIpc) is 3.30. The lowest BCUT2D eigenvalue weighted by molar-refractivity contribution is -0.126. The van der Waals surface area contributed by atoms with Gasteiger partial charge in [-0.15, -0.1) is 11.3 Å². The Morgan fingerprint density at radius 3 is 2.74 bits per heavy atom. The standard InChI is InChI=1S/C17H16ClN5O2S2/c1-10(23-15(21-22-17(23)26)13-3-2-8-27-13)16(25)19-9-14(24)20-12-6-4-11(18)5-7-12/h2-8,10H,9H2,1H3,(H,19,25)(H,20,24)(H,22,26). The van der Waals surface area contributed by atoms with Gasteiger partial charge in [-0.2, -0.15) is 5.10 Å². The Hall–Kier alpha value is -2.49. The van der Waals surface area contributed by atoms with Gasteiger partial charge >= 0.3 is 0 Å². The molecule has 3 aromatic rings. The smallest absolute Gasteiger partial charge is 0.243 e. The van der Waals surface area contributed by atoms with Crippen molar-refractivity contribution in [3.05, 3.63) is 51.6 Å². The van der Waals surface area contributed by atoms with Crippen LogP contribution < -0.4 is 10.6 Å². The van der Waals surface area contributed by atoms with Gasteiger partial charge in [-0.25, -0.2) is 0 Å². The van der Waals surface area contributed by atoms with E-state index in [4.69, 9.17) is 23.8 Å². The highest BCUT2D eigenvalue weighted by Gasteiger charge is 2.21. The van der Waals surface area contributed by atoms with Crippen molar-refractivity contribution >= 4 is 52.7 Å². The SMILES string of the molecule is CC(C(=O)NCC(=O)Nc1ccc(Cl)cc1)n1c(-c2cccs2)n[nH]c1=S. The molecule has 0 aliphatic rings. The molecule has 2 amide bonds. The predicted molar refractivity (Wildman–Crippen MR) is 109 cm³/mol. The van der Waals surface area contributed by atoms with Gasteiger partial charge < -0.3 is 10.6 Å². The summed E-state index contributed by atoms with van der Waals surface area (Å²) in [5, 5.41) is 14.7. The number of nitrogens with zero attached hydrogens (tertiary/aromatic N) is 2. The van der Waals surface area contributed by atoms with E-state index < -0.39 is 6.04 Å². The molecule has 3 rings (SSSR count). The number of thiophene rings is 1. The minimum Gasteiger partial charge on any atom is -0.345 e. The zero-order chi connectivity index (χ0) is 19.4. The van der Waals surface area contributed by atoms with Crippen LogP contribution in [0.3, 0.4) is 0 Å². The molecule has 0 aliphatic carbocycles. The van der Waals surface area contributed by atoms with Gasteiger partial charge in [0.1, 0.15) is 6.04 Å². The normalized spacial score (nSPS) is 11.8. The Morgan fingerprint density at radius 1 is 1.33 bits per heavy atom. The maximum absolute atomic E-state index is 12.5. The second-order valence-electron chi connectivity index (χ2n) is 5.65. The Balaban J connectivity index is 1.63. The number of aromatic amines is 1. The largest absolute Gasteiger partial charge is 0.345 e. The van der Waals surface area contributed by atoms with Gasteiger partial charge in [0.25, 0.3) is 0 Å². The molecule has 0 saturated carbocycles. The molecule has 0 spiro atoms. The number of amides is 2. The van der Waals surface area contributed by atoms with Crippen LogP contribution in [0.2, 0.25) is 5.02 Å². The molecule has 3 N–H and O–H groups in total. The van der Waals surface area contributed by atoms with Crippen molar-refractivity contribution < 1.29 is 9.59 Å². The number of rotatable bonds is 6. The summed E-state index contributed by atoms with van der Waals surface area (Å²) >= 11 is 12.6. The first-order chi connectivity index (χ1) is 13.0. The molecule has 0 bridgehead atoms. The van der Waals surface area contributed by atoms with E-state index in [1.165, 1.54) is 11.3 Å². The maximum Gasteiger partial charge on any atom is 0.243 e. The molecule has 7 nitrogen and oxygen atoms in total. The number of aromatic nitrogens is 3. The fraction of sp³-hybridized carbons (Fsp3) is 0.176. The number of carbonyl (C=O) groups is 2. The monoisotopic (exact) mass is 421 g/mol. The maximum atomic E-state index is 12.5. The van der Waals surface area contributed by atoms with E-state index in [9.17, 15) is 9.59 Å². The molecule has 10 heteroatoms. The minimum absolute atomic E-state index is 0.161. The van der Waals surface area contributed by atoms with Crippen molar-refractivity contribution in [1.82, 2.24) is 20.1 Å². The average molecular weight is 422 g/mol. The number of H-pyrrole nitrogens is 1. The summed E-state index contributed by atoms with van der Waals surface area (Å²) < 4.78 is 1.97. The van der Waals surface area contributed by atoms with E-state index in [0.717, 1.165) is 4.88 Å². The van der Waals surface area contributed by atoms with Gasteiger partial charge in [-0.1, -0.05) is 17.7 Å². The van der Waals surface area contributed by atoms with Crippen LogP contribution in [0, 0.1) is 4.77 Å².